The number of likely N-dealkylation sites (N-methyl/N-ethyl adjacent to an activating group) is 2. The number of fused-ring (bicyclic) bond motifs is 2. The lowest BCUT2D eigenvalue weighted by molar-refractivity contribution is -0.137. The molecule has 0 radical (unpaired) electrons. The maximum atomic E-state index is 14.8. The Kier molecular flexibility index (Phi) is 13.4. The van der Waals surface area contributed by atoms with E-state index in [0.717, 1.165) is 11.1 Å². The van der Waals surface area contributed by atoms with Crippen LogP contribution in [-0.2, 0) is 32.0 Å². The van der Waals surface area contributed by atoms with Crippen molar-refractivity contribution in [1.82, 2.24) is 36.1 Å². The van der Waals surface area contributed by atoms with Gasteiger partial charge in [0.1, 0.15) is 17.7 Å². The van der Waals surface area contributed by atoms with Crippen molar-refractivity contribution in [3.05, 3.63) is 59.2 Å². The minimum absolute atomic E-state index is 0.0766. The van der Waals surface area contributed by atoms with Crippen molar-refractivity contribution in [3.8, 4) is 11.4 Å². The Bertz CT molecular complexity index is 2000. The molecule has 2 aromatic carbocycles. The van der Waals surface area contributed by atoms with Crippen molar-refractivity contribution < 1.29 is 38.2 Å². The third-order valence-corrected chi connectivity index (χ3v) is 12.3. The molecule has 1 aliphatic heterocycles. The number of carbonyl (C=O) groups excluding carboxylic acids is 4. The second-order valence-corrected chi connectivity index (χ2v) is 16.1. The number of hydrogen-bond acceptors (Lipinski definition) is 8. The summed E-state index contributed by atoms with van der Waals surface area (Å²) in [5.74, 6) is -2.89. The van der Waals surface area contributed by atoms with Crippen molar-refractivity contribution in [2.24, 2.45) is 11.8 Å². The molecule has 2 fully saturated rings. The van der Waals surface area contributed by atoms with Crippen molar-refractivity contribution >= 4 is 45.3 Å². The summed E-state index contributed by atoms with van der Waals surface area (Å²) in [5, 5.41) is 34.8. The SMILES string of the molecule is CC[C@H](NC(=O)[C@H](C)NC)C(=O)C1C[C@@H](O)CC1Cc1c(-c2[nH]c3cc(F)ccc3c2C[C@@H]2C[C@H](O)CN2C(=O)[C@H](CC)NC(=O)[C@H](C)NC)[nH]c2cc(F)ccc12. The molecule has 3 heterocycles. The van der Waals surface area contributed by atoms with Crippen molar-refractivity contribution in [2.45, 2.75) is 115 Å². The minimum atomic E-state index is -0.812. The molecular weight excluding hydrogens is 749 g/mol. The number of halogens is 2. The van der Waals surface area contributed by atoms with Gasteiger partial charge in [-0.1, -0.05) is 13.8 Å². The van der Waals surface area contributed by atoms with Crippen LogP contribution in [0, 0.1) is 23.5 Å². The lowest BCUT2D eigenvalue weighted by Crippen LogP contribution is -2.53. The number of amides is 3. The number of ketones is 1. The predicted octanol–water partition coefficient (Wildman–Crippen LogP) is 3.60. The fourth-order valence-electron chi connectivity index (χ4n) is 8.86. The molecule has 2 aliphatic rings. The molecule has 314 valence electrons. The number of β-amino-alcohol motifs (C(OH)–C–C–N with tert-alkyl or cyclic N) is 1. The van der Waals surface area contributed by atoms with E-state index in [9.17, 15) is 38.2 Å². The van der Waals surface area contributed by atoms with Crippen LogP contribution in [-0.4, -0.2) is 112 Å². The van der Waals surface area contributed by atoms with E-state index in [1.54, 1.807) is 45.0 Å². The van der Waals surface area contributed by atoms with Gasteiger partial charge in [-0.3, -0.25) is 19.2 Å². The third-order valence-electron chi connectivity index (χ3n) is 12.3. The monoisotopic (exact) mass is 805 g/mol. The highest BCUT2D eigenvalue weighted by molar-refractivity contribution is 5.97. The number of aliphatic hydroxyl groups is 2. The molecule has 2 unspecified atom stereocenters. The number of hydrogen-bond donors (Lipinski definition) is 8. The first kappa shape index (κ1) is 42.9. The van der Waals surface area contributed by atoms with Crippen LogP contribution in [0.5, 0.6) is 0 Å². The first-order valence-corrected chi connectivity index (χ1v) is 20.4. The highest BCUT2D eigenvalue weighted by Crippen LogP contribution is 2.43. The van der Waals surface area contributed by atoms with Gasteiger partial charge in [0.15, 0.2) is 5.78 Å². The first-order valence-electron chi connectivity index (χ1n) is 20.4. The number of aromatic nitrogens is 2. The number of Topliss-reactive ketones (excluding diaryl/α,β-unsaturated/α-hetero) is 1. The quantitative estimate of drug-likeness (QED) is 0.0843. The summed E-state index contributed by atoms with van der Waals surface area (Å²) in [6.45, 7) is 7.13. The van der Waals surface area contributed by atoms with Crippen LogP contribution in [0.1, 0.15) is 70.9 Å². The molecule has 6 rings (SSSR count). The third kappa shape index (κ3) is 8.82. The number of carbonyl (C=O) groups is 4. The molecular formula is C43H57F2N7O6. The molecule has 9 atom stereocenters. The van der Waals surface area contributed by atoms with Gasteiger partial charge in [0.2, 0.25) is 17.7 Å². The molecule has 1 saturated carbocycles. The largest absolute Gasteiger partial charge is 0.393 e. The average Bonchev–Trinajstić information content (AvgIpc) is 3.96. The Morgan fingerprint density at radius 1 is 0.759 bits per heavy atom. The summed E-state index contributed by atoms with van der Waals surface area (Å²) in [4.78, 5) is 62.2. The fraction of sp³-hybridized carbons (Fsp3) is 0.535. The topological polar surface area (TPSA) is 192 Å². The van der Waals surface area contributed by atoms with Gasteiger partial charge in [0, 0.05) is 40.3 Å². The molecule has 0 spiro atoms. The lowest BCUT2D eigenvalue weighted by atomic mass is 9.82. The number of likely N-dealkylation sites (tertiary alicyclic amines) is 1. The smallest absolute Gasteiger partial charge is 0.245 e. The molecule has 0 bridgehead atoms. The summed E-state index contributed by atoms with van der Waals surface area (Å²) >= 11 is 0. The summed E-state index contributed by atoms with van der Waals surface area (Å²) in [5.41, 5.74) is 3.70. The molecule has 2 aromatic heterocycles. The van der Waals surface area contributed by atoms with Gasteiger partial charge in [0.05, 0.1) is 41.7 Å². The van der Waals surface area contributed by atoms with Crippen LogP contribution in [0.2, 0.25) is 0 Å². The number of benzene rings is 2. The Labute approximate surface area is 337 Å². The van der Waals surface area contributed by atoms with Gasteiger partial charge in [0.25, 0.3) is 0 Å². The Morgan fingerprint density at radius 2 is 1.28 bits per heavy atom. The zero-order valence-corrected chi connectivity index (χ0v) is 34.0. The van der Waals surface area contributed by atoms with E-state index < -0.39 is 60.0 Å². The van der Waals surface area contributed by atoms with Crippen molar-refractivity contribution in [1.29, 1.82) is 0 Å². The maximum absolute atomic E-state index is 14.8. The molecule has 15 heteroatoms. The fourth-order valence-corrected chi connectivity index (χ4v) is 8.86. The van der Waals surface area contributed by atoms with Gasteiger partial charge >= 0.3 is 0 Å². The minimum Gasteiger partial charge on any atom is -0.393 e. The van der Waals surface area contributed by atoms with Gasteiger partial charge < -0.3 is 46.3 Å². The molecule has 1 aliphatic carbocycles. The number of H-pyrrole nitrogens is 2. The highest BCUT2D eigenvalue weighted by Gasteiger charge is 2.42. The van der Waals surface area contributed by atoms with Crippen LogP contribution in [0.15, 0.2) is 36.4 Å². The number of nitrogens with zero attached hydrogens (tertiary/aromatic N) is 1. The molecule has 8 N–H and O–H groups in total. The molecule has 3 amide bonds. The van der Waals surface area contributed by atoms with E-state index in [4.69, 9.17) is 0 Å². The Morgan fingerprint density at radius 3 is 1.79 bits per heavy atom. The molecule has 1 saturated heterocycles. The van der Waals surface area contributed by atoms with Crippen LogP contribution >= 0.6 is 0 Å². The Hall–Kier alpha value is -4.70. The van der Waals surface area contributed by atoms with E-state index in [0.29, 0.717) is 58.9 Å². The van der Waals surface area contributed by atoms with E-state index in [1.165, 1.54) is 24.3 Å². The van der Waals surface area contributed by atoms with Gasteiger partial charge in [-0.25, -0.2) is 8.78 Å². The van der Waals surface area contributed by atoms with Gasteiger partial charge in [-0.15, -0.1) is 0 Å². The van der Waals surface area contributed by atoms with Crippen LogP contribution in [0.25, 0.3) is 33.2 Å². The van der Waals surface area contributed by atoms with Crippen LogP contribution in [0.3, 0.4) is 0 Å². The van der Waals surface area contributed by atoms with Crippen molar-refractivity contribution in [2.75, 3.05) is 20.6 Å². The first-order chi connectivity index (χ1) is 27.7. The molecule has 4 aromatic rings. The summed E-state index contributed by atoms with van der Waals surface area (Å²) in [6.07, 6.45) is 0.602. The molecule has 58 heavy (non-hydrogen) atoms. The van der Waals surface area contributed by atoms with Gasteiger partial charge in [-0.05, 0) is 126 Å². The van der Waals surface area contributed by atoms with E-state index in [-0.39, 0.29) is 55.2 Å². The number of aliphatic hydroxyl groups excluding tert-OH is 2. The normalized spacial score (nSPS) is 22.9. The van der Waals surface area contributed by atoms with E-state index >= 15 is 0 Å². The van der Waals surface area contributed by atoms with Crippen LogP contribution < -0.4 is 21.3 Å². The summed E-state index contributed by atoms with van der Waals surface area (Å²) in [7, 11) is 3.32. The van der Waals surface area contributed by atoms with E-state index in [1.807, 2.05) is 13.8 Å². The lowest BCUT2D eigenvalue weighted by Gasteiger charge is -2.29. The summed E-state index contributed by atoms with van der Waals surface area (Å²) < 4.78 is 29.6. The zero-order chi connectivity index (χ0) is 42.0. The average molecular weight is 806 g/mol. The van der Waals surface area contributed by atoms with E-state index in [2.05, 4.69) is 31.2 Å². The number of nitrogens with one attached hydrogen (secondary N) is 6. The number of aromatic amines is 2. The van der Waals surface area contributed by atoms with Gasteiger partial charge in [-0.2, -0.15) is 0 Å². The second-order valence-electron chi connectivity index (χ2n) is 16.1. The van der Waals surface area contributed by atoms with Crippen molar-refractivity contribution in [3.63, 3.8) is 0 Å². The zero-order valence-electron chi connectivity index (χ0n) is 34.0. The molecule has 13 nitrogen and oxygen atoms in total. The second kappa shape index (κ2) is 18.1. The van der Waals surface area contributed by atoms with Crippen LogP contribution in [0.4, 0.5) is 8.78 Å². The maximum Gasteiger partial charge on any atom is 0.245 e. The standard InChI is InChI=1S/C43H57F2N7O6/c1-7-34(50-41(56)21(3)46-5)40(55)31-19-27(53)13-23(31)14-32-29-11-9-24(44)15-36(29)48-38(32)39-33(30-12-10-25(45)16-37(30)49-39)18-26-17-28(54)20-52(26)43(58)35(8-2)51-42(57)22(4)47-6/h9-12,15-16,21-23,26-28,31,34-35,46-49,53-54H,7-8,13-14,17-20H2,1-6H3,(H,50,56)(H,51,57)/t21-,22-,23?,26-,27-,28-,31?,34-,35-/m0/s1. The highest BCUT2D eigenvalue weighted by atomic mass is 19.1. The predicted molar refractivity (Wildman–Crippen MR) is 218 cm³/mol. The summed E-state index contributed by atoms with van der Waals surface area (Å²) in [6, 6.07) is 5.80. The number of rotatable bonds is 16. The Balaban J connectivity index is 1.40.